The van der Waals surface area contributed by atoms with Crippen molar-refractivity contribution in [2.45, 2.75) is 26.7 Å². The Kier molecular flexibility index (Phi) is 7.87. The van der Waals surface area contributed by atoms with Crippen LogP contribution in [0.4, 0.5) is 5.69 Å². The van der Waals surface area contributed by atoms with Gasteiger partial charge in [-0.15, -0.1) is 0 Å². The zero-order chi connectivity index (χ0) is 18.2. The van der Waals surface area contributed by atoms with Crippen molar-refractivity contribution in [2.24, 2.45) is 0 Å². The number of benzene rings is 1. The highest BCUT2D eigenvalue weighted by molar-refractivity contribution is 7.88. The molecule has 1 aromatic rings. The standard InChI is InChI=1S/C16H24N2O5S/c1-4-6-11-18(24(3,21)22)12-15(19)17-14-9-7-13(8-10-14)16(20)23-5-2/h7-10H,4-6,11-12H2,1-3H3,(H,17,19). The molecule has 0 aliphatic heterocycles. The molecule has 0 atom stereocenters. The molecular weight excluding hydrogens is 332 g/mol. The number of amides is 1. The molecule has 1 N–H and O–H groups in total. The number of carbonyl (C=O) groups is 2. The summed E-state index contributed by atoms with van der Waals surface area (Å²) in [6.07, 6.45) is 2.61. The molecule has 1 rings (SSSR count). The highest BCUT2D eigenvalue weighted by Crippen LogP contribution is 2.11. The third kappa shape index (κ3) is 6.67. The van der Waals surface area contributed by atoms with E-state index >= 15 is 0 Å². The van der Waals surface area contributed by atoms with Gasteiger partial charge in [-0.05, 0) is 37.6 Å². The molecule has 7 nitrogen and oxygen atoms in total. The number of rotatable bonds is 9. The minimum atomic E-state index is -3.44. The lowest BCUT2D eigenvalue weighted by Crippen LogP contribution is -2.38. The summed E-state index contributed by atoms with van der Waals surface area (Å²) in [5, 5.41) is 2.62. The van der Waals surface area contributed by atoms with Gasteiger partial charge in [0, 0.05) is 12.2 Å². The maximum absolute atomic E-state index is 12.0. The van der Waals surface area contributed by atoms with Gasteiger partial charge in [0.25, 0.3) is 0 Å². The highest BCUT2D eigenvalue weighted by atomic mass is 32.2. The van der Waals surface area contributed by atoms with Crippen LogP contribution in [0, 0.1) is 0 Å². The third-order valence-electron chi connectivity index (χ3n) is 3.23. The van der Waals surface area contributed by atoms with Crippen LogP contribution in [0.25, 0.3) is 0 Å². The molecule has 0 radical (unpaired) electrons. The van der Waals surface area contributed by atoms with Crippen molar-refractivity contribution in [2.75, 3.05) is 31.3 Å². The number of anilines is 1. The molecule has 0 saturated heterocycles. The van der Waals surface area contributed by atoms with E-state index in [9.17, 15) is 18.0 Å². The molecule has 0 bridgehead atoms. The van der Waals surface area contributed by atoms with E-state index in [1.807, 2.05) is 6.92 Å². The number of unbranched alkanes of at least 4 members (excludes halogenated alkanes) is 1. The number of sulfonamides is 1. The van der Waals surface area contributed by atoms with E-state index in [2.05, 4.69) is 5.32 Å². The molecule has 0 aliphatic rings. The number of ether oxygens (including phenoxy) is 1. The Morgan fingerprint density at radius 2 is 1.79 bits per heavy atom. The maximum atomic E-state index is 12.0. The number of hydrogen-bond acceptors (Lipinski definition) is 5. The summed E-state index contributed by atoms with van der Waals surface area (Å²) in [6, 6.07) is 6.22. The average molecular weight is 356 g/mol. The molecule has 0 saturated carbocycles. The normalized spacial score (nSPS) is 11.3. The lowest BCUT2D eigenvalue weighted by molar-refractivity contribution is -0.116. The van der Waals surface area contributed by atoms with E-state index in [1.165, 1.54) is 0 Å². The fourth-order valence-corrected chi connectivity index (χ4v) is 2.77. The van der Waals surface area contributed by atoms with Crippen LogP contribution < -0.4 is 5.32 Å². The minimum Gasteiger partial charge on any atom is -0.462 e. The summed E-state index contributed by atoms with van der Waals surface area (Å²) in [6.45, 7) is 4.03. The molecule has 24 heavy (non-hydrogen) atoms. The molecule has 0 heterocycles. The molecule has 0 unspecified atom stereocenters. The highest BCUT2D eigenvalue weighted by Gasteiger charge is 2.19. The van der Waals surface area contributed by atoms with Crippen molar-refractivity contribution in [1.82, 2.24) is 4.31 Å². The smallest absolute Gasteiger partial charge is 0.338 e. The average Bonchev–Trinajstić information content (AvgIpc) is 2.51. The van der Waals surface area contributed by atoms with Crippen molar-refractivity contribution < 1.29 is 22.7 Å². The van der Waals surface area contributed by atoms with Gasteiger partial charge in [-0.3, -0.25) is 4.79 Å². The van der Waals surface area contributed by atoms with Gasteiger partial charge in [0.05, 0.1) is 25.0 Å². The van der Waals surface area contributed by atoms with Crippen LogP contribution in [0.2, 0.25) is 0 Å². The van der Waals surface area contributed by atoms with Crippen molar-refractivity contribution in [1.29, 1.82) is 0 Å². The van der Waals surface area contributed by atoms with Gasteiger partial charge in [-0.2, -0.15) is 4.31 Å². The summed E-state index contributed by atoms with van der Waals surface area (Å²) in [5.74, 6) is -0.862. The first-order valence-electron chi connectivity index (χ1n) is 7.80. The van der Waals surface area contributed by atoms with Crippen molar-refractivity contribution >= 4 is 27.6 Å². The van der Waals surface area contributed by atoms with E-state index in [0.29, 0.717) is 24.2 Å². The predicted molar refractivity (Wildman–Crippen MR) is 92.4 cm³/mol. The molecule has 0 aliphatic carbocycles. The monoisotopic (exact) mass is 356 g/mol. The Morgan fingerprint density at radius 3 is 2.29 bits per heavy atom. The molecule has 1 amide bonds. The first-order chi connectivity index (χ1) is 11.3. The molecule has 1 aromatic carbocycles. The van der Waals surface area contributed by atoms with Crippen molar-refractivity contribution in [3.05, 3.63) is 29.8 Å². The van der Waals surface area contributed by atoms with Crippen LogP contribution in [-0.2, 0) is 19.6 Å². The molecule has 134 valence electrons. The summed E-state index contributed by atoms with van der Waals surface area (Å²) in [5.41, 5.74) is 0.868. The maximum Gasteiger partial charge on any atom is 0.338 e. The van der Waals surface area contributed by atoms with Crippen LogP contribution in [0.3, 0.4) is 0 Å². The third-order valence-corrected chi connectivity index (χ3v) is 4.48. The summed E-state index contributed by atoms with van der Waals surface area (Å²) in [4.78, 5) is 23.6. The minimum absolute atomic E-state index is 0.238. The van der Waals surface area contributed by atoms with E-state index < -0.39 is 21.9 Å². The van der Waals surface area contributed by atoms with Gasteiger partial charge in [0.1, 0.15) is 0 Å². The fourth-order valence-electron chi connectivity index (χ4n) is 1.96. The van der Waals surface area contributed by atoms with Crippen LogP contribution in [-0.4, -0.2) is 50.6 Å². The second kappa shape index (κ2) is 9.39. The predicted octanol–water partition coefficient (Wildman–Crippen LogP) is 1.86. The molecular formula is C16H24N2O5S. The van der Waals surface area contributed by atoms with Crippen molar-refractivity contribution in [3.63, 3.8) is 0 Å². The number of esters is 1. The zero-order valence-corrected chi connectivity index (χ0v) is 15.1. The lowest BCUT2D eigenvalue weighted by Gasteiger charge is -2.19. The van der Waals surface area contributed by atoms with Gasteiger partial charge in [-0.1, -0.05) is 13.3 Å². The Hall–Kier alpha value is -1.93. The van der Waals surface area contributed by atoms with Crippen LogP contribution in [0.1, 0.15) is 37.0 Å². The van der Waals surface area contributed by atoms with Gasteiger partial charge in [0.15, 0.2) is 0 Å². The van der Waals surface area contributed by atoms with Gasteiger partial charge in [0.2, 0.25) is 15.9 Å². The number of nitrogens with one attached hydrogen (secondary N) is 1. The Balaban J connectivity index is 2.67. The van der Waals surface area contributed by atoms with Gasteiger partial charge >= 0.3 is 5.97 Å². The lowest BCUT2D eigenvalue weighted by atomic mass is 10.2. The molecule has 0 fully saturated rings. The topological polar surface area (TPSA) is 92.8 Å². The van der Waals surface area contributed by atoms with E-state index in [0.717, 1.165) is 17.0 Å². The second-order valence-electron chi connectivity index (χ2n) is 5.30. The van der Waals surface area contributed by atoms with Crippen molar-refractivity contribution in [3.8, 4) is 0 Å². The van der Waals surface area contributed by atoms with E-state index in [4.69, 9.17) is 4.74 Å². The molecule has 0 spiro atoms. The summed E-state index contributed by atoms with van der Waals surface area (Å²) in [7, 11) is -3.44. The van der Waals surface area contributed by atoms with E-state index in [-0.39, 0.29) is 13.2 Å². The zero-order valence-electron chi connectivity index (χ0n) is 14.2. The summed E-state index contributed by atoms with van der Waals surface area (Å²) >= 11 is 0. The van der Waals surface area contributed by atoms with Crippen LogP contribution in [0.15, 0.2) is 24.3 Å². The first-order valence-corrected chi connectivity index (χ1v) is 9.65. The Bertz CT molecular complexity index is 656. The number of hydrogen-bond donors (Lipinski definition) is 1. The van der Waals surface area contributed by atoms with Gasteiger partial charge in [-0.25, -0.2) is 13.2 Å². The number of carbonyl (C=O) groups excluding carboxylic acids is 2. The van der Waals surface area contributed by atoms with E-state index in [1.54, 1.807) is 31.2 Å². The summed E-state index contributed by atoms with van der Waals surface area (Å²) < 4.78 is 29.4. The van der Waals surface area contributed by atoms with Gasteiger partial charge < -0.3 is 10.1 Å². The molecule has 8 heteroatoms. The Morgan fingerprint density at radius 1 is 1.17 bits per heavy atom. The fraction of sp³-hybridized carbons (Fsp3) is 0.500. The second-order valence-corrected chi connectivity index (χ2v) is 7.28. The van der Waals surface area contributed by atoms with Crippen LogP contribution in [0.5, 0.6) is 0 Å². The first kappa shape index (κ1) is 20.1. The van der Waals surface area contributed by atoms with Crippen LogP contribution >= 0.6 is 0 Å². The largest absolute Gasteiger partial charge is 0.462 e. The molecule has 0 aromatic heterocycles. The Labute approximate surface area is 143 Å². The SMILES string of the molecule is CCCCN(CC(=O)Nc1ccc(C(=O)OCC)cc1)S(C)(=O)=O. The quantitative estimate of drug-likeness (QED) is 0.682. The number of nitrogens with zero attached hydrogens (tertiary/aromatic N) is 1.